The van der Waals surface area contributed by atoms with E-state index in [2.05, 4.69) is 6.92 Å². The first-order chi connectivity index (χ1) is 14.0. The molecule has 3 heterocycles. The Morgan fingerprint density at radius 1 is 1.14 bits per heavy atom. The third kappa shape index (κ3) is 4.38. The molecule has 0 aliphatic carbocycles. The van der Waals surface area contributed by atoms with E-state index in [9.17, 15) is 9.90 Å². The number of phenols is 1. The van der Waals surface area contributed by atoms with Crippen LogP contribution in [0.4, 0.5) is 0 Å². The van der Waals surface area contributed by atoms with Gasteiger partial charge in [-0.25, -0.2) is 4.79 Å². The van der Waals surface area contributed by atoms with Gasteiger partial charge in [0.2, 0.25) is 0 Å². The van der Waals surface area contributed by atoms with Gasteiger partial charge in [-0.2, -0.15) is 0 Å². The van der Waals surface area contributed by atoms with E-state index in [0.29, 0.717) is 23.5 Å². The van der Waals surface area contributed by atoms with Gasteiger partial charge in [-0.15, -0.1) is 0 Å². The van der Waals surface area contributed by atoms with Gasteiger partial charge < -0.3 is 24.1 Å². The molecule has 1 spiro atoms. The van der Waals surface area contributed by atoms with Crippen molar-refractivity contribution in [1.29, 1.82) is 0 Å². The van der Waals surface area contributed by atoms with E-state index in [0.717, 1.165) is 63.4 Å². The highest BCUT2D eigenvalue weighted by Crippen LogP contribution is 2.43. The Hall–Kier alpha value is -1.79. The highest BCUT2D eigenvalue weighted by atomic mass is 16.7. The SMILES string of the molecule is COc1cc(O)cc2c1C(=O)O[C@@H]2CCCCC[C@H]1CCC[C@]2(CC[C@H](C)O2)O1. The van der Waals surface area contributed by atoms with Gasteiger partial charge in [0.05, 0.1) is 19.3 Å². The Bertz CT molecular complexity index is 743. The number of ether oxygens (including phenoxy) is 4. The number of hydrogen-bond acceptors (Lipinski definition) is 6. The molecule has 3 aliphatic rings. The van der Waals surface area contributed by atoms with Gasteiger partial charge in [-0.05, 0) is 51.5 Å². The number of benzene rings is 1. The van der Waals surface area contributed by atoms with E-state index < -0.39 is 0 Å². The Balaban J connectivity index is 1.23. The molecule has 0 bridgehead atoms. The summed E-state index contributed by atoms with van der Waals surface area (Å²) in [4.78, 5) is 12.2. The lowest BCUT2D eigenvalue weighted by Gasteiger charge is -2.38. The molecule has 4 atom stereocenters. The molecule has 160 valence electrons. The molecule has 0 saturated carbocycles. The summed E-state index contributed by atoms with van der Waals surface area (Å²) in [5, 5.41) is 9.90. The van der Waals surface area contributed by atoms with Crippen molar-refractivity contribution in [2.45, 2.75) is 95.2 Å². The van der Waals surface area contributed by atoms with Crippen LogP contribution in [-0.4, -0.2) is 36.2 Å². The molecule has 29 heavy (non-hydrogen) atoms. The molecule has 0 unspecified atom stereocenters. The van der Waals surface area contributed by atoms with Crippen molar-refractivity contribution in [3.63, 3.8) is 0 Å². The van der Waals surface area contributed by atoms with Crippen molar-refractivity contribution in [3.8, 4) is 11.5 Å². The lowest BCUT2D eigenvalue weighted by atomic mass is 9.95. The summed E-state index contributed by atoms with van der Waals surface area (Å²) >= 11 is 0. The fraction of sp³-hybridized carbons (Fsp3) is 0.696. The minimum Gasteiger partial charge on any atom is -0.508 e. The fourth-order valence-electron chi connectivity index (χ4n) is 5.00. The Morgan fingerprint density at radius 3 is 2.72 bits per heavy atom. The number of carbonyl (C=O) groups excluding carboxylic acids is 1. The Labute approximate surface area is 172 Å². The van der Waals surface area contributed by atoms with Crippen LogP contribution in [0.1, 0.15) is 93.2 Å². The summed E-state index contributed by atoms with van der Waals surface area (Å²) in [6.45, 7) is 2.13. The van der Waals surface area contributed by atoms with Gasteiger partial charge in [0.15, 0.2) is 5.79 Å². The van der Waals surface area contributed by atoms with Crippen LogP contribution < -0.4 is 4.74 Å². The lowest BCUT2D eigenvalue weighted by molar-refractivity contribution is -0.269. The summed E-state index contributed by atoms with van der Waals surface area (Å²) in [6.07, 6.45) is 10.6. The van der Waals surface area contributed by atoms with Crippen molar-refractivity contribution in [2.24, 2.45) is 0 Å². The number of aromatic hydroxyl groups is 1. The molecule has 0 aromatic heterocycles. The number of rotatable bonds is 7. The zero-order valence-electron chi connectivity index (χ0n) is 17.4. The maximum absolute atomic E-state index is 12.2. The van der Waals surface area contributed by atoms with Crippen molar-refractivity contribution in [2.75, 3.05) is 7.11 Å². The van der Waals surface area contributed by atoms with Crippen LogP contribution in [0.15, 0.2) is 12.1 Å². The van der Waals surface area contributed by atoms with Gasteiger partial charge in [-0.1, -0.05) is 12.8 Å². The van der Waals surface area contributed by atoms with E-state index in [1.807, 2.05) is 0 Å². The molecular formula is C23H32O6. The van der Waals surface area contributed by atoms with Crippen LogP contribution in [0.5, 0.6) is 11.5 Å². The number of fused-ring (bicyclic) bond motifs is 1. The van der Waals surface area contributed by atoms with Crippen LogP contribution in [0.2, 0.25) is 0 Å². The van der Waals surface area contributed by atoms with Crippen LogP contribution in [-0.2, 0) is 14.2 Å². The van der Waals surface area contributed by atoms with Gasteiger partial charge in [0, 0.05) is 24.5 Å². The number of cyclic esters (lactones) is 1. The molecule has 3 aliphatic heterocycles. The summed E-state index contributed by atoms with van der Waals surface area (Å²) in [5.41, 5.74) is 1.18. The van der Waals surface area contributed by atoms with Crippen LogP contribution in [0.3, 0.4) is 0 Å². The van der Waals surface area contributed by atoms with Crippen LogP contribution in [0.25, 0.3) is 0 Å². The van der Waals surface area contributed by atoms with Crippen molar-refractivity contribution in [3.05, 3.63) is 23.3 Å². The highest BCUT2D eigenvalue weighted by Gasteiger charge is 2.43. The molecule has 2 saturated heterocycles. The topological polar surface area (TPSA) is 74.2 Å². The van der Waals surface area contributed by atoms with Gasteiger partial charge in [-0.3, -0.25) is 0 Å². The smallest absolute Gasteiger partial charge is 0.342 e. The fourth-order valence-corrected chi connectivity index (χ4v) is 5.00. The largest absolute Gasteiger partial charge is 0.508 e. The van der Waals surface area contributed by atoms with Crippen LogP contribution >= 0.6 is 0 Å². The summed E-state index contributed by atoms with van der Waals surface area (Å²) < 4.78 is 23.2. The average molecular weight is 405 g/mol. The summed E-state index contributed by atoms with van der Waals surface area (Å²) in [7, 11) is 1.49. The maximum atomic E-state index is 12.2. The molecule has 1 N–H and O–H groups in total. The Kier molecular flexibility index (Phi) is 6.02. The first-order valence-corrected chi connectivity index (χ1v) is 11.0. The third-order valence-corrected chi connectivity index (χ3v) is 6.44. The first-order valence-electron chi connectivity index (χ1n) is 11.0. The second kappa shape index (κ2) is 8.52. The number of unbranched alkanes of at least 4 members (excludes halogenated alkanes) is 2. The first kappa shape index (κ1) is 20.5. The molecule has 4 rings (SSSR count). The van der Waals surface area contributed by atoms with Crippen molar-refractivity contribution in [1.82, 2.24) is 0 Å². The standard InChI is InChI=1S/C23H32O6/c1-15-10-12-23(28-15)11-6-8-17(29-23)7-4-3-5-9-19-18-13-16(24)14-20(26-2)21(18)22(25)27-19/h13-15,17,19,24H,3-12H2,1-2H3/t15-,17-,19+,23+/m0/s1. The normalized spacial score (nSPS) is 31.1. The van der Waals surface area contributed by atoms with E-state index in [-0.39, 0.29) is 23.6 Å². The number of phenolic OH excluding ortho intramolecular Hbond substituents is 1. The zero-order chi connectivity index (χ0) is 20.4. The quantitative estimate of drug-likeness (QED) is 0.508. The molecule has 0 amide bonds. The van der Waals surface area contributed by atoms with E-state index in [1.54, 1.807) is 6.07 Å². The van der Waals surface area contributed by atoms with Gasteiger partial charge in [0.25, 0.3) is 0 Å². The molecule has 1 aromatic carbocycles. The van der Waals surface area contributed by atoms with E-state index in [4.69, 9.17) is 18.9 Å². The van der Waals surface area contributed by atoms with Gasteiger partial charge >= 0.3 is 5.97 Å². The molecule has 6 nitrogen and oxygen atoms in total. The predicted octanol–water partition coefficient (Wildman–Crippen LogP) is 5.03. The maximum Gasteiger partial charge on any atom is 0.342 e. The minimum absolute atomic E-state index is 0.0933. The number of carbonyl (C=O) groups is 1. The second-order valence-corrected chi connectivity index (χ2v) is 8.65. The van der Waals surface area contributed by atoms with Crippen molar-refractivity contribution < 1.29 is 28.8 Å². The molecule has 6 heteroatoms. The third-order valence-electron chi connectivity index (χ3n) is 6.44. The van der Waals surface area contributed by atoms with E-state index in [1.165, 1.54) is 19.6 Å². The second-order valence-electron chi connectivity index (χ2n) is 8.65. The van der Waals surface area contributed by atoms with Crippen molar-refractivity contribution >= 4 is 5.97 Å². The molecular weight excluding hydrogens is 372 g/mol. The molecule has 2 fully saturated rings. The minimum atomic E-state index is -0.367. The monoisotopic (exact) mass is 404 g/mol. The summed E-state index contributed by atoms with van der Waals surface area (Å²) in [5.74, 6) is -0.214. The molecule has 1 aromatic rings. The van der Waals surface area contributed by atoms with Gasteiger partial charge in [0.1, 0.15) is 23.2 Å². The molecule has 0 radical (unpaired) electrons. The van der Waals surface area contributed by atoms with Crippen LogP contribution in [0, 0.1) is 0 Å². The highest BCUT2D eigenvalue weighted by molar-refractivity contribution is 5.97. The number of methoxy groups -OCH3 is 1. The lowest BCUT2D eigenvalue weighted by Crippen LogP contribution is -2.40. The average Bonchev–Trinajstić information content (AvgIpc) is 3.20. The Morgan fingerprint density at radius 2 is 1.97 bits per heavy atom. The number of esters is 1. The number of hydrogen-bond donors (Lipinski definition) is 1. The zero-order valence-corrected chi connectivity index (χ0v) is 17.4. The van der Waals surface area contributed by atoms with E-state index >= 15 is 0 Å². The summed E-state index contributed by atoms with van der Waals surface area (Å²) in [6, 6.07) is 3.07. The predicted molar refractivity (Wildman–Crippen MR) is 107 cm³/mol.